The van der Waals surface area contributed by atoms with Crippen molar-refractivity contribution in [3.63, 3.8) is 0 Å². The number of sulfonamides is 1. The van der Waals surface area contributed by atoms with Crippen LogP contribution < -0.4 is 19.5 Å². The molecule has 0 spiro atoms. The van der Waals surface area contributed by atoms with E-state index in [4.69, 9.17) is 9.47 Å². The lowest BCUT2D eigenvalue weighted by Gasteiger charge is -2.17. The van der Waals surface area contributed by atoms with E-state index in [1.807, 2.05) is 42.5 Å². The molecule has 0 bridgehead atoms. The molecule has 0 aromatic heterocycles. The number of hydrogen-bond donors (Lipinski definition) is 2. The number of carbonyl (C=O) groups excluding carboxylic acids is 1. The molecule has 1 aliphatic rings. The van der Waals surface area contributed by atoms with Crippen LogP contribution in [-0.4, -0.2) is 35.1 Å². The van der Waals surface area contributed by atoms with E-state index in [0.717, 1.165) is 24.8 Å². The van der Waals surface area contributed by atoms with E-state index < -0.39 is 15.4 Å². The number of carbonyl (C=O) groups is 1. The predicted molar refractivity (Wildman–Crippen MR) is 131 cm³/mol. The summed E-state index contributed by atoms with van der Waals surface area (Å²) in [5.41, 5.74) is 1.92. The first kappa shape index (κ1) is 23.6. The van der Waals surface area contributed by atoms with Crippen molar-refractivity contribution in [1.82, 2.24) is 5.32 Å². The molecule has 178 valence electrons. The molecular weight excluding hydrogens is 452 g/mol. The fraction of sp³-hybridized carbons (Fsp3) is 0.269. The normalized spacial score (nSPS) is 14.2. The van der Waals surface area contributed by atoms with Crippen LogP contribution in [0.1, 0.15) is 24.0 Å². The molecule has 4 rings (SSSR count). The minimum absolute atomic E-state index is 0.0119. The number of anilines is 1. The highest BCUT2D eigenvalue weighted by Gasteiger charge is 2.51. The largest absolute Gasteiger partial charge is 0.497 e. The van der Waals surface area contributed by atoms with Crippen LogP contribution in [0.5, 0.6) is 11.5 Å². The molecular formula is C26H28N2O5S. The zero-order valence-corrected chi connectivity index (χ0v) is 20.0. The minimum atomic E-state index is -3.91. The van der Waals surface area contributed by atoms with E-state index in [2.05, 4.69) is 10.0 Å². The zero-order valence-electron chi connectivity index (χ0n) is 19.2. The summed E-state index contributed by atoms with van der Waals surface area (Å²) in [6.07, 6.45) is 2.32. The summed E-state index contributed by atoms with van der Waals surface area (Å²) in [4.78, 5) is 12.9. The van der Waals surface area contributed by atoms with Gasteiger partial charge in [-0.15, -0.1) is 0 Å². The maximum atomic E-state index is 13.0. The Hall–Kier alpha value is -3.52. The van der Waals surface area contributed by atoms with E-state index in [9.17, 15) is 13.2 Å². The average molecular weight is 481 g/mol. The van der Waals surface area contributed by atoms with Gasteiger partial charge in [0.1, 0.15) is 16.4 Å². The minimum Gasteiger partial charge on any atom is -0.497 e. The highest BCUT2D eigenvalue weighted by molar-refractivity contribution is 7.92. The summed E-state index contributed by atoms with van der Waals surface area (Å²) in [5, 5.41) is 3.05. The Bertz CT molecular complexity index is 1250. The van der Waals surface area contributed by atoms with E-state index in [0.29, 0.717) is 18.0 Å². The Morgan fingerprint density at radius 2 is 1.65 bits per heavy atom. The van der Waals surface area contributed by atoms with Gasteiger partial charge in [0.05, 0.1) is 19.6 Å². The van der Waals surface area contributed by atoms with Crippen molar-refractivity contribution in [1.29, 1.82) is 0 Å². The van der Waals surface area contributed by atoms with Gasteiger partial charge in [0, 0.05) is 18.3 Å². The van der Waals surface area contributed by atoms with Gasteiger partial charge in [-0.05, 0) is 54.7 Å². The highest BCUT2D eigenvalue weighted by Crippen LogP contribution is 2.48. The zero-order chi connectivity index (χ0) is 24.2. The fourth-order valence-corrected chi connectivity index (χ4v) is 5.21. The van der Waals surface area contributed by atoms with Gasteiger partial charge in [-0.1, -0.05) is 42.5 Å². The van der Waals surface area contributed by atoms with Gasteiger partial charge in [0.15, 0.2) is 0 Å². The Labute approximate surface area is 200 Å². The van der Waals surface area contributed by atoms with Crippen LogP contribution in [0.3, 0.4) is 0 Å². The third kappa shape index (κ3) is 5.02. The first-order valence-corrected chi connectivity index (χ1v) is 12.5. The molecule has 1 aliphatic carbocycles. The molecule has 8 heteroatoms. The van der Waals surface area contributed by atoms with Gasteiger partial charge in [-0.2, -0.15) is 0 Å². The molecule has 0 saturated heterocycles. The second-order valence-electron chi connectivity index (χ2n) is 8.27. The molecule has 34 heavy (non-hydrogen) atoms. The number of methoxy groups -OCH3 is 2. The molecule has 0 unspecified atom stereocenters. The van der Waals surface area contributed by atoms with Crippen molar-refractivity contribution in [2.45, 2.75) is 29.6 Å². The van der Waals surface area contributed by atoms with Crippen molar-refractivity contribution in [3.8, 4) is 11.5 Å². The van der Waals surface area contributed by atoms with Gasteiger partial charge in [0.2, 0.25) is 5.91 Å². The molecule has 1 amide bonds. The van der Waals surface area contributed by atoms with Crippen molar-refractivity contribution >= 4 is 21.6 Å². The molecule has 0 atom stereocenters. The monoisotopic (exact) mass is 480 g/mol. The van der Waals surface area contributed by atoms with Crippen LogP contribution >= 0.6 is 0 Å². The van der Waals surface area contributed by atoms with Gasteiger partial charge in [-0.25, -0.2) is 8.42 Å². The predicted octanol–water partition coefficient (Wildman–Crippen LogP) is 3.90. The standard InChI is InChI=1S/C26H28N2O5S/c1-32-22-12-13-23(33-2)24(18-22)34(30,31)28-21-10-8-20(9-11-21)26(15-16-26)25(29)27-17-14-19-6-4-3-5-7-19/h3-13,18,28H,14-17H2,1-2H3,(H,27,29). The van der Waals surface area contributed by atoms with Gasteiger partial charge >= 0.3 is 0 Å². The maximum Gasteiger partial charge on any atom is 0.265 e. The SMILES string of the molecule is COc1ccc(OC)c(S(=O)(=O)Nc2ccc(C3(C(=O)NCCc4ccccc4)CC3)cc2)c1. The fourth-order valence-electron chi connectivity index (χ4n) is 3.97. The lowest BCUT2D eigenvalue weighted by Crippen LogP contribution is -2.35. The lowest BCUT2D eigenvalue weighted by atomic mass is 9.94. The van der Waals surface area contributed by atoms with E-state index >= 15 is 0 Å². The topological polar surface area (TPSA) is 93.7 Å². The first-order chi connectivity index (χ1) is 16.4. The third-order valence-electron chi connectivity index (χ3n) is 6.08. The number of hydrogen-bond acceptors (Lipinski definition) is 5. The average Bonchev–Trinajstić information content (AvgIpc) is 3.66. The van der Waals surface area contributed by atoms with E-state index in [-0.39, 0.29) is 16.6 Å². The van der Waals surface area contributed by atoms with Crippen molar-refractivity contribution in [2.75, 3.05) is 25.5 Å². The first-order valence-electron chi connectivity index (χ1n) is 11.1. The smallest absolute Gasteiger partial charge is 0.265 e. The summed E-state index contributed by atoms with van der Waals surface area (Å²) in [6, 6.07) is 21.6. The van der Waals surface area contributed by atoms with Crippen LogP contribution in [0, 0.1) is 0 Å². The number of ether oxygens (including phenoxy) is 2. The molecule has 0 aliphatic heterocycles. The number of benzene rings is 3. The molecule has 3 aromatic carbocycles. The van der Waals surface area contributed by atoms with Crippen LogP contribution in [0.25, 0.3) is 0 Å². The van der Waals surface area contributed by atoms with Crippen LogP contribution in [0.4, 0.5) is 5.69 Å². The second kappa shape index (κ2) is 9.77. The summed E-state index contributed by atoms with van der Waals surface area (Å²) < 4.78 is 38.9. The van der Waals surface area contributed by atoms with Gasteiger partial charge < -0.3 is 14.8 Å². The summed E-state index contributed by atoms with van der Waals surface area (Å²) in [6.45, 7) is 0.574. The third-order valence-corrected chi connectivity index (χ3v) is 7.48. The molecule has 1 saturated carbocycles. The molecule has 2 N–H and O–H groups in total. The van der Waals surface area contributed by atoms with Gasteiger partial charge in [0.25, 0.3) is 10.0 Å². The number of amides is 1. The van der Waals surface area contributed by atoms with Crippen molar-refractivity contribution in [3.05, 3.63) is 83.9 Å². The second-order valence-corrected chi connectivity index (χ2v) is 9.92. The number of nitrogens with one attached hydrogen (secondary N) is 2. The van der Waals surface area contributed by atoms with E-state index in [1.54, 1.807) is 24.3 Å². The molecule has 1 fully saturated rings. The molecule has 0 heterocycles. The van der Waals surface area contributed by atoms with Crippen LogP contribution in [0.2, 0.25) is 0 Å². The maximum absolute atomic E-state index is 13.0. The lowest BCUT2D eigenvalue weighted by molar-refractivity contribution is -0.123. The summed E-state index contributed by atoms with van der Waals surface area (Å²) >= 11 is 0. The van der Waals surface area contributed by atoms with E-state index in [1.165, 1.54) is 25.8 Å². The Balaban J connectivity index is 1.43. The van der Waals surface area contributed by atoms with Crippen LogP contribution in [-0.2, 0) is 26.7 Å². The Morgan fingerprint density at radius 3 is 2.26 bits per heavy atom. The Kier molecular flexibility index (Phi) is 6.79. The van der Waals surface area contributed by atoms with Crippen molar-refractivity contribution in [2.24, 2.45) is 0 Å². The van der Waals surface area contributed by atoms with Crippen molar-refractivity contribution < 1.29 is 22.7 Å². The number of rotatable bonds is 10. The molecule has 0 radical (unpaired) electrons. The molecule has 7 nitrogen and oxygen atoms in total. The highest BCUT2D eigenvalue weighted by atomic mass is 32.2. The quantitative estimate of drug-likeness (QED) is 0.459. The van der Waals surface area contributed by atoms with Crippen LogP contribution in [0.15, 0.2) is 77.7 Å². The summed E-state index contributed by atoms with van der Waals surface area (Å²) in [5.74, 6) is 0.636. The van der Waals surface area contributed by atoms with Gasteiger partial charge in [-0.3, -0.25) is 9.52 Å². The summed E-state index contributed by atoms with van der Waals surface area (Å²) in [7, 11) is -1.03. The molecule has 3 aromatic rings. The Morgan fingerprint density at radius 1 is 0.941 bits per heavy atom.